The van der Waals surface area contributed by atoms with E-state index in [-0.39, 0.29) is 29.8 Å². The highest BCUT2D eigenvalue weighted by Crippen LogP contribution is 2.46. The van der Waals surface area contributed by atoms with Gasteiger partial charge in [-0.15, -0.1) is 0 Å². The molecule has 1 heterocycles. The number of hydrogen-bond acceptors (Lipinski definition) is 6. The van der Waals surface area contributed by atoms with E-state index in [1.165, 1.54) is 43.7 Å². The Morgan fingerprint density at radius 1 is 1.00 bits per heavy atom. The van der Waals surface area contributed by atoms with Crippen molar-refractivity contribution < 1.29 is 42.1 Å². The Bertz CT molecular complexity index is 1190. The van der Waals surface area contributed by atoms with Crippen molar-refractivity contribution in [1.29, 1.82) is 0 Å². The van der Waals surface area contributed by atoms with Gasteiger partial charge in [0.05, 0.1) is 20.3 Å². The van der Waals surface area contributed by atoms with Gasteiger partial charge in [-0.3, -0.25) is 0 Å². The van der Waals surface area contributed by atoms with Gasteiger partial charge in [0.2, 0.25) is 0 Å². The molecule has 0 radical (unpaired) electrons. The number of nitrogens with zero attached hydrogens (tertiary/aromatic N) is 1. The molecule has 0 fully saturated rings. The van der Waals surface area contributed by atoms with Crippen molar-refractivity contribution >= 4 is 22.8 Å². The van der Waals surface area contributed by atoms with E-state index in [4.69, 9.17) is 9.47 Å². The van der Waals surface area contributed by atoms with Gasteiger partial charge in [0.1, 0.15) is 11.4 Å². The van der Waals surface area contributed by atoms with Crippen LogP contribution in [0.2, 0.25) is 0 Å². The lowest BCUT2D eigenvalue weighted by atomic mass is 9.90. The molecule has 10 heteroatoms. The third-order valence-electron chi connectivity index (χ3n) is 5.27. The minimum Gasteiger partial charge on any atom is -0.497 e. The summed E-state index contributed by atoms with van der Waals surface area (Å²) in [6, 6.07) is 12.9. The molecule has 0 aliphatic carbocycles. The number of aliphatic hydroxyl groups is 1. The van der Waals surface area contributed by atoms with Crippen molar-refractivity contribution in [3.05, 3.63) is 65.4 Å². The van der Waals surface area contributed by atoms with E-state index < -0.39 is 41.6 Å². The largest absolute Gasteiger partial charge is 0.497 e. The Balaban J connectivity index is 2.48. The van der Waals surface area contributed by atoms with E-state index in [1.807, 2.05) is 0 Å². The van der Waals surface area contributed by atoms with Crippen molar-refractivity contribution in [2.75, 3.05) is 20.3 Å². The van der Waals surface area contributed by atoms with Crippen LogP contribution < -0.4 is 4.74 Å². The van der Waals surface area contributed by atoms with Gasteiger partial charge >= 0.3 is 18.1 Å². The lowest BCUT2D eigenvalue weighted by Gasteiger charge is -2.29. The molecule has 0 saturated heterocycles. The highest BCUT2D eigenvalue weighted by molar-refractivity contribution is 6.04. The summed E-state index contributed by atoms with van der Waals surface area (Å²) in [5.74, 6) is -2.92. The number of rotatable bonds is 8. The predicted octanol–water partition coefficient (Wildman–Crippen LogP) is 4.19. The molecular weight excluding hydrogens is 455 g/mol. The van der Waals surface area contributed by atoms with Gasteiger partial charge in [-0.2, -0.15) is 13.2 Å². The van der Waals surface area contributed by atoms with Crippen molar-refractivity contribution in [1.82, 2.24) is 4.57 Å². The lowest BCUT2D eigenvalue weighted by Crippen LogP contribution is -2.51. The molecule has 0 aliphatic rings. The zero-order valence-corrected chi connectivity index (χ0v) is 18.8. The van der Waals surface area contributed by atoms with Crippen LogP contribution in [0.5, 0.6) is 5.75 Å². The first-order valence-electron chi connectivity index (χ1n) is 10.5. The SMILES string of the molecule is CCOC(=O)c1c(C(O)(C(=O)OCC)C(F)(F)F)c2cc(OC)ccc2n1Cc1ccccc1. The maximum atomic E-state index is 14.4. The van der Waals surface area contributed by atoms with Crippen LogP contribution in [-0.2, 0) is 26.4 Å². The maximum Gasteiger partial charge on any atom is 0.432 e. The monoisotopic (exact) mass is 479 g/mol. The molecule has 3 rings (SSSR count). The summed E-state index contributed by atoms with van der Waals surface area (Å²) in [7, 11) is 1.31. The van der Waals surface area contributed by atoms with Crippen LogP contribution in [0.25, 0.3) is 10.9 Å². The van der Waals surface area contributed by atoms with Crippen LogP contribution in [0.15, 0.2) is 48.5 Å². The Hall–Kier alpha value is -3.53. The zero-order chi connectivity index (χ0) is 25.1. The molecular formula is C24H24F3NO6. The Kier molecular flexibility index (Phi) is 7.21. The van der Waals surface area contributed by atoms with Gasteiger partial charge in [-0.05, 0) is 37.6 Å². The van der Waals surface area contributed by atoms with E-state index in [9.17, 15) is 27.9 Å². The fourth-order valence-electron chi connectivity index (χ4n) is 3.76. The minimum atomic E-state index is -5.52. The number of alkyl halides is 3. The van der Waals surface area contributed by atoms with E-state index in [0.29, 0.717) is 5.56 Å². The highest BCUT2D eigenvalue weighted by atomic mass is 19.4. The van der Waals surface area contributed by atoms with Gasteiger partial charge in [0.15, 0.2) is 0 Å². The number of carbonyl (C=O) groups is 2. The summed E-state index contributed by atoms with van der Waals surface area (Å²) in [5.41, 5.74) is -4.89. The molecule has 1 aromatic heterocycles. The molecule has 2 aromatic carbocycles. The quantitative estimate of drug-likeness (QED) is 0.488. The third-order valence-corrected chi connectivity index (χ3v) is 5.27. The molecule has 0 aliphatic heterocycles. The normalized spacial score (nSPS) is 13.4. The van der Waals surface area contributed by atoms with Gasteiger partial charge in [0, 0.05) is 23.0 Å². The first-order valence-corrected chi connectivity index (χ1v) is 10.5. The van der Waals surface area contributed by atoms with Crippen molar-refractivity contribution in [3.63, 3.8) is 0 Å². The summed E-state index contributed by atoms with van der Waals surface area (Å²) in [6.07, 6.45) is -5.52. The van der Waals surface area contributed by atoms with Gasteiger partial charge in [-0.1, -0.05) is 30.3 Å². The van der Waals surface area contributed by atoms with Crippen LogP contribution in [-0.4, -0.2) is 48.1 Å². The van der Waals surface area contributed by atoms with Crippen molar-refractivity contribution in [2.24, 2.45) is 0 Å². The standard InChI is InChI=1S/C24H24F3NO6/c1-4-33-21(29)20-19(23(31,24(25,26)27)22(30)34-5-2)17-13-16(32-3)11-12-18(17)28(20)14-15-9-7-6-8-10-15/h6-13,31H,4-5,14H2,1-3H3. The molecule has 1 unspecified atom stereocenters. The number of fused-ring (bicyclic) bond motifs is 1. The second-order valence-corrected chi connectivity index (χ2v) is 7.33. The van der Waals surface area contributed by atoms with Crippen LogP contribution >= 0.6 is 0 Å². The Morgan fingerprint density at radius 3 is 2.21 bits per heavy atom. The summed E-state index contributed by atoms with van der Waals surface area (Å²) in [4.78, 5) is 25.7. The van der Waals surface area contributed by atoms with Gasteiger partial charge in [-0.25, -0.2) is 9.59 Å². The number of halogens is 3. The fourth-order valence-corrected chi connectivity index (χ4v) is 3.76. The molecule has 1 atom stereocenters. The van der Waals surface area contributed by atoms with E-state index >= 15 is 0 Å². The molecule has 0 spiro atoms. The van der Waals surface area contributed by atoms with Crippen LogP contribution in [0, 0.1) is 0 Å². The van der Waals surface area contributed by atoms with E-state index in [1.54, 1.807) is 30.3 Å². The molecule has 3 aromatic rings. The number of hydrogen-bond donors (Lipinski definition) is 1. The predicted molar refractivity (Wildman–Crippen MR) is 117 cm³/mol. The number of ether oxygens (including phenoxy) is 3. The fraction of sp³-hybridized carbons (Fsp3) is 0.333. The van der Waals surface area contributed by atoms with Crippen molar-refractivity contribution in [2.45, 2.75) is 32.2 Å². The van der Waals surface area contributed by atoms with E-state index in [0.717, 1.165) is 0 Å². The third kappa shape index (κ3) is 4.33. The topological polar surface area (TPSA) is 87.0 Å². The summed E-state index contributed by atoms with van der Waals surface area (Å²) < 4.78 is 59.3. The van der Waals surface area contributed by atoms with Crippen molar-refractivity contribution in [3.8, 4) is 5.75 Å². The summed E-state index contributed by atoms with van der Waals surface area (Å²) in [5, 5.41) is 10.8. The second kappa shape index (κ2) is 9.76. The highest BCUT2D eigenvalue weighted by Gasteiger charge is 2.65. The second-order valence-electron chi connectivity index (χ2n) is 7.33. The lowest BCUT2D eigenvalue weighted by molar-refractivity contribution is -0.267. The molecule has 0 amide bonds. The van der Waals surface area contributed by atoms with Crippen LogP contribution in [0.1, 0.15) is 35.5 Å². The average molecular weight is 479 g/mol. The zero-order valence-electron chi connectivity index (χ0n) is 18.8. The molecule has 0 saturated carbocycles. The van der Waals surface area contributed by atoms with Crippen LogP contribution in [0.4, 0.5) is 13.2 Å². The number of methoxy groups -OCH3 is 1. The van der Waals surface area contributed by atoms with Gasteiger partial charge < -0.3 is 23.9 Å². The Morgan fingerprint density at radius 2 is 1.65 bits per heavy atom. The summed E-state index contributed by atoms with van der Waals surface area (Å²) in [6.45, 7) is 2.21. The smallest absolute Gasteiger partial charge is 0.432 e. The maximum absolute atomic E-state index is 14.4. The van der Waals surface area contributed by atoms with Crippen LogP contribution in [0.3, 0.4) is 0 Å². The average Bonchev–Trinajstić information content (AvgIpc) is 3.12. The number of aromatic nitrogens is 1. The minimum absolute atomic E-state index is 0.0332. The molecule has 34 heavy (non-hydrogen) atoms. The summed E-state index contributed by atoms with van der Waals surface area (Å²) >= 11 is 0. The molecule has 0 bridgehead atoms. The molecule has 7 nitrogen and oxygen atoms in total. The van der Waals surface area contributed by atoms with Gasteiger partial charge in [0.25, 0.3) is 5.60 Å². The molecule has 1 N–H and O–H groups in total. The Labute approximate surface area is 193 Å². The van der Waals surface area contributed by atoms with E-state index in [2.05, 4.69) is 4.74 Å². The molecule has 182 valence electrons. The first kappa shape index (κ1) is 25.1. The number of esters is 2. The number of benzene rings is 2. The first-order chi connectivity index (χ1) is 16.1. The number of carbonyl (C=O) groups excluding carboxylic acids is 2.